The molecule has 0 radical (unpaired) electrons. The van der Waals surface area contributed by atoms with E-state index in [1.807, 2.05) is 0 Å². The van der Waals surface area contributed by atoms with Gasteiger partial charge in [0, 0.05) is 17.1 Å². The van der Waals surface area contributed by atoms with Crippen molar-refractivity contribution in [3.05, 3.63) is 29.3 Å². The molecular formula is C14H20Cl2N2O3S. The number of hydrogen-bond acceptors (Lipinski definition) is 4. The molecule has 1 aliphatic carbocycles. The van der Waals surface area contributed by atoms with Crippen molar-refractivity contribution in [2.45, 2.75) is 42.7 Å². The third-order valence-corrected chi connectivity index (χ3v) is 5.52. The summed E-state index contributed by atoms with van der Waals surface area (Å²) in [6, 6.07) is 6.02. The molecule has 0 aromatic heterocycles. The van der Waals surface area contributed by atoms with E-state index in [1.165, 1.54) is 24.3 Å². The average molecular weight is 367 g/mol. The Balaban J connectivity index is 0.00000242. The first-order valence-electron chi connectivity index (χ1n) is 6.90. The molecule has 0 spiro atoms. The lowest BCUT2D eigenvalue weighted by Gasteiger charge is -2.26. The lowest BCUT2D eigenvalue weighted by atomic mass is 9.92. The predicted molar refractivity (Wildman–Crippen MR) is 89.1 cm³/mol. The molecule has 0 saturated heterocycles. The minimum Gasteiger partial charge on any atom is -0.352 e. The summed E-state index contributed by atoms with van der Waals surface area (Å²) in [5, 5.41) is 3.23. The van der Waals surface area contributed by atoms with E-state index < -0.39 is 21.5 Å². The number of carbonyl (C=O) groups is 1. The number of rotatable bonds is 4. The number of halogens is 2. The van der Waals surface area contributed by atoms with E-state index in [1.54, 1.807) is 0 Å². The van der Waals surface area contributed by atoms with E-state index in [0.29, 0.717) is 5.02 Å². The van der Waals surface area contributed by atoms with Gasteiger partial charge in [-0.25, -0.2) is 8.42 Å². The second-order valence-electron chi connectivity index (χ2n) is 5.39. The van der Waals surface area contributed by atoms with Crippen molar-refractivity contribution in [2.75, 3.05) is 5.75 Å². The van der Waals surface area contributed by atoms with Crippen molar-refractivity contribution in [3.63, 3.8) is 0 Å². The molecule has 0 unspecified atom stereocenters. The van der Waals surface area contributed by atoms with Gasteiger partial charge in [0.1, 0.15) is 5.75 Å². The van der Waals surface area contributed by atoms with Crippen LogP contribution >= 0.6 is 24.0 Å². The number of sulfone groups is 1. The van der Waals surface area contributed by atoms with Gasteiger partial charge in [-0.3, -0.25) is 4.79 Å². The normalized spacial score (nSPS) is 21.7. The first-order chi connectivity index (χ1) is 9.87. The molecule has 1 saturated carbocycles. The number of nitrogens with one attached hydrogen (secondary N) is 1. The SMILES string of the molecule is Cl.NC1CCC(NC(=O)CS(=O)(=O)c2ccc(Cl)cc2)CC1. The number of hydrogen-bond donors (Lipinski definition) is 2. The van der Waals surface area contributed by atoms with Crippen molar-refractivity contribution in [1.82, 2.24) is 5.32 Å². The van der Waals surface area contributed by atoms with Crippen molar-refractivity contribution in [1.29, 1.82) is 0 Å². The predicted octanol–water partition coefficient (Wildman–Crippen LogP) is 1.92. The number of nitrogens with two attached hydrogens (primary N) is 1. The molecule has 0 aliphatic heterocycles. The van der Waals surface area contributed by atoms with E-state index in [0.717, 1.165) is 25.7 Å². The van der Waals surface area contributed by atoms with Crippen LogP contribution in [-0.4, -0.2) is 32.2 Å². The monoisotopic (exact) mass is 366 g/mol. The summed E-state index contributed by atoms with van der Waals surface area (Å²) >= 11 is 5.72. The van der Waals surface area contributed by atoms with Gasteiger partial charge in [0.2, 0.25) is 5.91 Å². The van der Waals surface area contributed by atoms with Gasteiger partial charge in [-0.15, -0.1) is 12.4 Å². The molecule has 1 fully saturated rings. The van der Waals surface area contributed by atoms with Gasteiger partial charge >= 0.3 is 0 Å². The standard InChI is InChI=1S/C14H19ClN2O3S.ClH/c15-10-1-7-13(8-2-10)21(19,20)9-14(18)17-12-5-3-11(16)4-6-12;/h1-2,7-8,11-12H,3-6,9,16H2,(H,17,18);1H. The van der Waals surface area contributed by atoms with Gasteiger partial charge in [-0.2, -0.15) is 0 Å². The third kappa shape index (κ3) is 5.43. The summed E-state index contributed by atoms with van der Waals surface area (Å²) in [5.41, 5.74) is 5.80. The second-order valence-corrected chi connectivity index (χ2v) is 7.82. The number of carbonyl (C=O) groups excluding carboxylic acids is 1. The van der Waals surface area contributed by atoms with Crippen molar-refractivity contribution in [2.24, 2.45) is 5.73 Å². The van der Waals surface area contributed by atoms with Gasteiger partial charge < -0.3 is 11.1 Å². The molecule has 0 heterocycles. The van der Waals surface area contributed by atoms with Crippen molar-refractivity contribution in [3.8, 4) is 0 Å². The lowest BCUT2D eigenvalue weighted by Crippen LogP contribution is -2.42. The van der Waals surface area contributed by atoms with E-state index in [4.69, 9.17) is 17.3 Å². The Morgan fingerprint density at radius 2 is 1.73 bits per heavy atom. The van der Waals surface area contributed by atoms with Gasteiger partial charge in [0.05, 0.1) is 4.90 Å². The van der Waals surface area contributed by atoms with E-state index >= 15 is 0 Å². The Morgan fingerprint density at radius 1 is 1.18 bits per heavy atom. The Kier molecular flexibility index (Phi) is 7.12. The topological polar surface area (TPSA) is 89.3 Å². The highest BCUT2D eigenvalue weighted by Gasteiger charge is 2.24. The van der Waals surface area contributed by atoms with Crippen LogP contribution in [0.4, 0.5) is 0 Å². The average Bonchev–Trinajstić information content (AvgIpc) is 2.41. The molecule has 8 heteroatoms. The highest BCUT2D eigenvalue weighted by Crippen LogP contribution is 2.18. The van der Waals surface area contributed by atoms with Gasteiger partial charge in [-0.05, 0) is 49.9 Å². The van der Waals surface area contributed by atoms with Crippen LogP contribution < -0.4 is 11.1 Å². The van der Waals surface area contributed by atoms with Crippen LogP contribution in [-0.2, 0) is 14.6 Å². The van der Waals surface area contributed by atoms with Crippen LogP contribution in [0.1, 0.15) is 25.7 Å². The zero-order valence-electron chi connectivity index (χ0n) is 12.0. The van der Waals surface area contributed by atoms with E-state index in [9.17, 15) is 13.2 Å². The summed E-state index contributed by atoms with van der Waals surface area (Å²) in [7, 11) is -3.63. The summed E-state index contributed by atoms with van der Waals surface area (Å²) in [5.74, 6) is -1.01. The third-order valence-electron chi connectivity index (χ3n) is 3.63. The Bertz CT molecular complexity index is 597. The quantitative estimate of drug-likeness (QED) is 0.851. The van der Waals surface area contributed by atoms with Crippen LogP contribution in [0.3, 0.4) is 0 Å². The molecule has 1 aliphatic rings. The summed E-state index contributed by atoms with van der Waals surface area (Å²) in [4.78, 5) is 12.0. The minimum atomic E-state index is -3.63. The van der Waals surface area contributed by atoms with Gasteiger partial charge in [0.15, 0.2) is 9.84 Å². The summed E-state index contributed by atoms with van der Waals surface area (Å²) < 4.78 is 24.2. The minimum absolute atomic E-state index is 0. The van der Waals surface area contributed by atoms with Crippen LogP contribution in [0, 0.1) is 0 Å². The fraction of sp³-hybridized carbons (Fsp3) is 0.500. The molecule has 1 amide bonds. The Morgan fingerprint density at radius 3 is 2.27 bits per heavy atom. The van der Waals surface area contributed by atoms with Crippen LogP contribution in [0.25, 0.3) is 0 Å². The smallest absolute Gasteiger partial charge is 0.235 e. The first-order valence-corrected chi connectivity index (χ1v) is 8.93. The fourth-order valence-electron chi connectivity index (χ4n) is 2.43. The first kappa shape index (κ1) is 19.2. The molecule has 1 aromatic rings. The number of benzene rings is 1. The van der Waals surface area contributed by atoms with Crippen LogP contribution in [0.5, 0.6) is 0 Å². The molecule has 1 aromatic carbocycles. The van der Waals surface area contributed by atoms with Crippen LogP contribution in [0.15, 0.2) is 29.2 Å². The maximum absolute atomic E-state index is 12.1. The highest BCUT2D eigenvalue weighted by molar-refractivity contribution is 7.92. The Labute approximate surface area is 141 Å². The molecule has 3 N–H and O–H groups in total. The van der Waals surface area contributed by atoms with Crippen molar-refractivity contribution >= 4 is 39.8 Å². The van der Waals surface area contributed by atoms with E-state index in [2.05, 4.69) is 5.32 Å². The summed E-state index contributed by atoms with van der Waals surface area (Å²) in [6.07, 6.45) is 3.31. The van der Waals surface area contributed by atoms with Crippen LogP contribution in [0.2, 0.25) is 5.02 Å². The maximum atomic E-state index is 12.1. The molecule has 5 nitrogen and oxygen atoms in total. The zero-order valence-corrected chi connectivity index (χ0v) is 14.4. The van der Waals surface area contributed by atoms with Gasteiger partial charge in [-0.1, -0.05) is 11.6 Å². The highest BCUT2D eigenvalue weighted by atomic mass is 35.5. The molecule has 124 valence electrons. The largest absolute Gasteiger partial charge is 0.352 e. The van der Waals surface area contributed by atoms with E-state index in [-0.39, 0.29) is 29.4 Å². The second kappa shape index (κ2) is 8.15. The molecule has 22 heavy (non-hydrogen) atoms. The molecule has 0 bridgehead atoms. The fourth-order valence-corrected chi connectivity index (χ4v) is 3.70. The van der Waals surface area contributed by atoms with Gasteiger partial charge in [0.25, 0.3) is 0 Å². The lowest BCUT2D eigenvalue weighted by molar-refractivity contribution is -0.119. The molecular weight excluding hydrogens is 347 g/mol. The molecule has 2 rings (SSSR count). The molecule has 0 atom stereocenters. The maximum Gasteiger partial charge on any atom is 0.235 e. The van der Waals surface area contributed by atoms with Crippen molar-refractivity contribution < 1.29 is 13.2 Å². The Hall–Kier alpha value is -0.820. The number of amides is 1. The summed E-state index contributed by atoms with van der Waals surface area (Å²) in [6.45, 7) is 0. The zero-order chi connectivity index (χ0) is 15.5.